The molecule has 4 rings (SSSR count). The molecule has 5 heteroatoms. The van der Waals surface area contributed by atoms with Crippen molar-refractivity contribution in [3.8, 4) is 0 Å². The van der Waals surface area contributed by atoms with Crippen LogP contribution in [0.2, 0.25) is 0 Å². The molecule has 0 bridgehead atoms. The van der Waals surface area contributed by atoms with Crippen LogP contribution in [0.1, 0.15) is 32.8 Å². The van der Waals surface area contributed by atoms with Crippen molar-refractivity contribution in [2.24, 2.45) is 0 Å². The van der Waals surface area contributed by atoms with E-state index in [1.54, 1.807) is 0 Å². The molecule has 192 valence electrons. The van der Waals surface area contributed by atoms with E-state index in [0.717, 1.165) is 5.56 Å². The third-order valence-electron chi connectivity index (χ3n) is 7.37. The molecule has 0 aliphatic rings. The van der Waals surface area contributed by atoms with Gasteiger partial charge in [0.25, 0.3) is 0 Å². The van der Waals surface area contributed by atoms with Gasteiger partial charge in [0.05, 0.1) is 0 Å². The summed E-state index contributed by atoms with van der Waals surface area (Å²) in [7, 11) is -3.65. The van der Waals surface area contributed by atoms with Gasteiger partial charge in [-0.2, -0.15) is 0 Å². The molecular weight excluding hydrogens is 582 g/mol. The van der Waals surface area contributed by atoms with E-state index in [4.69, 9.17) is 9.05 Å². The Balaban J connectivity index is 2.23. The molecule has 0 aliphatic heterocycles. The molecule has 1 unspecified atom stereocenters. The molecule has 0 saturated heterocycles. The van der Waals surface area contributed by atoms with Crippen LogP contribution >= 0.6 is 7.60 Å². The SMILES string of the molecule is CCOP(=O)(OCC)[C](CC)(Cc1ccccc1)[Sn]([c]1ccccc1)([c]1ccccc1)[c]1ccccc1. The molecule has 0 aliphatic carbocycles. The van der Waals surface area contributed by atoms with Crippen LogP contribution in [0.25, 0.3) is 0 Å². The summed E-state index contributed by atoms with van der Waals surface area (Å²) in [6.45, 7) is 6.66. The van der Waals surface area contributed by atoms with E-state index in [2.05, 4.69) is 122 Å². The normalized spacial score (nSPS) is 13.7. The number of rotatable bonds is 12. The van der Waals surface area contributed by atoms with Crippen molar-refractivity contribution < 1.29 is 13.6 Å². The van der Waals surface area contributed by atoms with Gasteiger partial charge in [-0.25, -0.2) is 0 Å². The molecule has 0 fully saturated rings. The molecule has 0 aromatic heterocycles. The van der Waals surface area contributed by atoms with Crippen molar-refractivity contribution in [1.29, 1.82) is 0 Å². The van der Waals surface area contributed by atoms with Crippen LogP contribution in [0.4, 0.5) is 0 Å². The zero-order chi connectivity index (χ0) is 26.2. The zero-order valence-electron chi connectivity index (χ0n) is 22.0. The van der Waals surface area contributed by atoms with Gasteiger partial charge < -0.3 is 0 Å². The van der Waals surface area contributed by atoms with Gasteiger partial charge in [-0.15, -0.1) is 0 Å². The van der Waals surface area contributed by atoms with E-state index in [1.807, 2.05) is 19.9 Å². The molecule has 3 nitrogen and oxygen atoms in total. The van der Waals surface area contributed by atoms with Crippen LogP contribution in [0.3, 0.4) is 0 Å². The summed E-state index contributed by atoms with van der Waals surface area (Å²) in [6.07, 6.45) is 1.27. The topological polar surface area (TPSA) is 35.5 Å². The fourth-order valence-electron chi connectivity index (χ4n) is 5.95. The Morgan fingerprint density at radius 1 is 0.595 bits per heavy atom. The minimum absolute atomic E-state index is 0.328. The molecule has 0 heterocycles. The van der Waals surface area contributed by atoms with Gasteiger partial charge in [0.2, 0.25) is 0 Å². The summed E-state index contributed by atoms with van der Waals surface area (Å²) in [5.74, 6) is 0. The van der Waals surface area contributed by atoms with Gasteiger partial charge >= 0.3 is 227 Å². The summed E-state index contributed by atoms with van der Waals surface area (Å²) in [5, 5.41) is 0. The van der Waals surface area contributed by atoms with Crippen LogP contribution < -0.4 is 10.7 Å². The second-order valence-corrected chi connectivity index (χ2v) is 24.8. The van der Waals surface area contributed by atoms with Gasteiger partial charge in [-0.3, -0.25) is 0 Å². The second-order valence-electron chi connectivity index (χ2n) is 9.23. The summed E-state index contributed by atoms with van der Waals surface area (Å²) in [5.41, 5.74) is 1.15. The molecule has 0 N–H and O–H groups in total. The maximum absolute atomic E-state index is 15.4. The van der Waals surface area contributed by atoms with E-state index in [-0.39, 0.29) is 0 Å². The fraction of sp³-hybridized carbons (Fsp3) is 0.250. The van der Waals surface area contributed by atoms with Gasteiger partial charge in [0.1, 0.15) is 0 Å². The first-order chi connectivity index (χ1) is 18.1. The molecule has 4 aromatic rings. The van der Waals surface area contributed by atoms with Crippen LogP contribution in [0, 0.1) is 0 Å². The molecule has 0 radical (unpaired) electrons. The summed E-state index contributed by atoms with van der Waals surface area (Å²) in [4.78, 5) is 0. The molecule has 0 saturated carbocycles. The fourth-order valence-corrected chi connectivity index (χ4v) is 31.8. The standard InChI is InChI=1S/C14H22O3P.3C6H5.Sn/c1-4-14(12-13-10-8-7-9-11-13)18(15,16-5-2)17-6-3;3*1-2-4-6-5-3-1;/h7-11H,4-6,12H2,1-3H3;3*1-5H;. The van der Waals surface area contributed by atoms with E-state index >= 15 is 4.57 Å². The quantitative estimate of drug-likeness (QED) is 0.137. The van der Waals surface area contributed by atoms with Gasteiger partial charge in [-0.1, -0.05) is 0 Å². The number of hydrogen-bond donors (Lipinski definition) is 0. The Labute approximate surface area is 226 Å². The Bertz CT molecular complexity index is 1180. The average Bonchev–Trinajstić information content (AvgIpc) is 2.95. The van der Waals surface area contributed by atoms with Crippen molar-refractivity contribution in [2.45, 2.75) is 36.8 Å². The monoisotopic (exact) mass is 620 g/mol. The van der Waals surface area contributed by atoms with Crippen molar-refractivity contribution >= 4 is 36.7 Å². The van der Waals surface area contributed by atoms with E-state index in [0.29, 0.717) is 26.1 Å². The van der Waals surface area contributed by atoms with E-state index < -0.39 is 29.1 Å². The van der Waals surface area contributed by atoms with Crippen LogP contribution in [0.15, 0.2) is 121 Å². The first-order valence-corrected chi connectivity index (χ1v) is 20.4. The Morgan fingerprint density at radius 3 is 1.27 bits per heavy atom. The van der Waals surface area contributed by atoms with Gasteiger partial charge in [0.15, 0.2) is 0 Å². The number of benzene rings is 4. The average molecular weight is 619 g/mol. The second kappa shape index (κ2) is 12.6. The first-order valence-electron chi connectivity index (χ1n) is 13.2. The molecule has 1 atom stereocenters. The summed E-state index contributed by atoms with van der Waals surface area (Å²) < 4.78 is 31.2. The first kappa shape index (κ1) is 27.9. The molecule has 37 heavy (non-hydrogen) atoms. The Morgan fingerprint density at radius 2 is 0.946 bits per heavy atom. The third kappa shape index (κ3) is 5.12. The molecular formula is C32H37O3PSn. The Kier molecular flexibility index (Phi) is 9.47. The predicted octanol–water partition coefficient (Wildman–Crippen LogP) is 6.35. The minimum atomic E-state index is -4.28. The summed E-state index contributed by atoms with van der Waals surface area (Å²) in [6, 6.07) is 42.8. The van der Waals surface area contributed by atoms with Crippen molar-refractivity contribution in [3.63, 3.8) is 0 Å². The van der Waals surface area contributed by atoms with Crippen molar-refractivity contribution in [1.82, 2.24) is 0 Å². The summed E-state index contributed by atoms with van der Waals surface area (Å²) >= 11 is -4.28. The molecule has 0 amide bonds. The van der Waals surface area contributed by atoms with Crippen LogP contribution in [-0.2, 0) is 20.0 Å². The van der Waals surface area contributed by atoms with E-state index in [9.17, 15) is 0 Å². The zero-order valence-corrected chi connectivity index (χ0v) is 25.8. The predicted molar refractivity (Wildman–Crippen MR) is 158 cm³/mol. The third-order valence-corrected chi connectivity index (χ3v) is 30.4. The molecule has 0 spiro atoms. The van der Waals surface area contributed by atoms with E-state index in [1.165, 1.54) is 10.7 Å². The maximum atomic E-state index is 15.4. The molecule has 4 aromatic carbocycles. The van der Waals surface area contributed by atoms with Gasteiger partial charge in [-0.05, 0) is 0 Å². The van der Waals surface area contributed by atoms with Crippen LogP contribution in [-0.4, -0.2) is 34.8 Å². The van der Waals surface area contributed by atoms with Crippen molar-refractivity contribution in [3.05, 3.63) is 127 Å². The number of hydrogen-bond acceptors (Lipinski definition) is 3. The Hall–Kier alpha value is -2.17. The van der Waals surface area contributed by atoms with Gasteiger partial charge in [0, 0.05) is 0 Å². The van der Waals surface area contributed by atoms with Crippen LogP contribution in [0.5, 0.6) is 0 Å². The van der Waals surface area contributed by atoms with Crippen molar-refractivity contribution in [2.75, 3.05) is 13.2 Å².